The third-order valence-corrected chi connectivity index (χ3v) is 2.42. The first-order chi connectivity index (χ1) is 7.24. The molecule has 2 rings (SSSR count). The van der Waals surface area contributed by atoms with Gasteiger partial charge in [-0.2, -0.15) is 0 Å². The standard InChI is InChI=1S/C12H17NO2/c1-9-3-10(2)5-11(4-9)14-7-12-6-13-8-15-12/h3-5,12-13H,6-8H2,1-2H3. The lowest BCUT2D eigenvalue weighted by atomic mass is 10.1. The zero-order valence-electron chi connectivity index (χ0n) is 9.25. The first kappa shape index (κ1) is 10.5. The Kier molecular flexibility index (Phi) is 3.23. The van der Waals surface area contributed by atoms with Crippen LogP contribution < -0.4 is 10.1 Å². The first-order valence-electron chi connectivity index (χ1n) is 5.27. The van der Waals surface area contributed by atoms with E-state index in [0.717, 1.165) is 12.3 Å². The Bertz CT molecular complexity index is 312. The number of rotatable bonds is 3. The van der Waals surface area contributed by atoms with Gasteiger partial charge in [-0.05, 0) is 37.1 Å². The van der Waals surface area contributed by atoms with E-state index in [9.17, 15) is 0 Å². The third kappa shape index (κ3) is 2.94. The minimum atomic E-state index is 0.186. The summed E-state index contributed by atoms with van der Waals surface area (Å²) < 4.78 is 11.1. The van der Waals surface area contributed by atoms with Gasteiger partial charge in [0.15, 0.2) is 0 Å². The molecule has 0 aromatic heterocycles. The lowest BCUT2D eigenvalue weighted by Crippen LogP contribution is -2.21. The van der Waals surface area contributed by atoms with E-state index in [1.165, 1.54) is 11.1 Å². The molecule has 1 aromatic carbocycles. The molecule has 1 aromatic rings. The molecular formula is C12H17NO2. The van der Waals surface area contributed by atoms with Gasteiger partial charge in [0.1, 0.15) is 18.5 Å². The predicted octanol–water partition coefficient (Wildman–Crippen LogP) is 1.63. The van der Waals surface area contributed by atoms with Crippen LogP contribution in [0.1, 0.15) is 11.1 Å². The van der Waals surface area contributed by atoms with Gasteiger partial charge in [0.25, 0.3) is 0 Å². The molecular weight excluding hydrogens is 190 g/mol. The van der Waals surface area contributed by atoms with Gasteiger partial charge in [0, 0.05) is 6.54 Å². The van der Waals surface area contributed by atoms with Crippen LogP contribution in [0.4, 0.5) is 0 Å². The fraction of sp³-hybridized carbons (Fsp3) is 0.500. The Hall–Kier alpha value is -1.06. The quantitative estimate of drug-likeness (QED) is 0.817. The Morgan fingerprint density at radius 2 is 2.07 bits per heavy atom. The van der Waals surface area contributed by atoms with Crippen molar-refractivity contribution in [1.82, 2.24) is 5.32 Å². The molecule has 1 aliphatic heterocycles. The van der Waals surface area contributed by atoms with Gasteiger partial charge >= 0.3 is 0 Å². The van der Waals surface area contributed by atoms with Crippen LogP contribution >= 0.6 is 0 Å². The Morgan fingerprint density at radius 3 is 2.67 bits per heavy atom. The smallest absolute Gasteiger partial charge is 0.119 e. The summed E-state index contributed by atoms with van der Waals surface area (Å²) in [4.78, 5) is 0. The minimum absolute atomic E-state index is 0.186. The second-order valence-electron chi connectivity index (χ2n) is 4.02. The van der Waals surface area contributed by atoms with E-state index in [1.807, 2.05) is 0 Å². The van der Waals surface area contributed by atoms with Gasteiger partial charge in [-0.1, -0.05) is 6.07 Å². The molecule has 0 bridgehead atoms. The predicted molar refractivity (Wildman–Crippen MR) is 59.2 cm³/mol. The zero-order valence-corrected chi connectivity index (χ0v) is 9.25. The van der Waals surface area contributed by atoms with Gasteiger partial charge in [-0.25, -0.2) is 0 Å². The fourth-order valence-corrected chi connectivity index (χ4v) is 1.77. The molecule has 1 saturated heterocycles. The summed E-state index contributed by atoms with van der Waals surface area (Å²) in [6.07, 6.45) is 0.186. The molecule has 0 spiro atoms. The van der Waals surface area contributed by atoms with Crippen molar-refractivity contribution in [2.75, 3.05) is 19.9 Å². The average Bonchev–Trinajstić information content (AvgIpc) is 2.65. The highest BCUT2D eigenvalue weighted by Crippen LogP contribution is 2.16. The maximum atomic E-state index is 5.69. The number of nitrogens with one attached hydrogen (secondary N) is 1. The number of benzene rings is 1. The topological polar surface area (TPSA) is 30.5 Å². The normalized spacial score (nSPS) is 20.5. The van der Waals surface area contributed by atoms with Crippen LogP contribution in [0, 0.1) is 13.8 Å². The molecule has 1 aliphatic rings. The third-order valence-electron chi connectivity index (χ3n) is 2.42. The van der Waals surface area contributed by atoms with Crippen molar-refractivity contribution in [2.45, 2.75) is 20.0 Å². The molecule has 1 unspecified atom stereocenters. The van der Waals surface area contributed by atoms with E-state index in [1.54, 1.807) is 0 Å². The summed E-state index contributed by atoms with van der Waals surface area (Å²) in [5.41, 5.74) is 2.46. The Balaban J connectivity index is 1.92. The molecule has 3 heteroatoms. The van der Waals surface area contributed by atoms with Crippen molar-refractivity contribution < 1.29 is 9.47 Å². The largest absolute Gasteiger partial charge is 0.491 e. The van der Waals surface area contributed by atoms with Crippen LogP contribution in [0.2, 0.25) is 0 Å². The highest BCUT2D eigenvalue weighted by atomic mass is 16.5. The van der Waals surface area contributed by atoms with Crippen LogP contribution in [0.15, 0.2) is 18.2 Å². The van der Waals surface area contributed by atoms with E-state index in [2.05, 4.69) is 37.4 Å². The average molecular weight is 207 g/mol. The van der Waals surface area contributed by atoms with Crippen molar-refractivity contribution in [3.05, 3.63) is 29.3 Å². The summed E-state index contributed by atoms with van der Waals surface area (Å²) in [6, 6.07) is 6.24. The van der Waals surface area contributed by atoms with E-state index >= 15 is 0 Å². The molecule has 82 valence electrons. The second-order valence-corrected chi connectivity index (χ2v) is 4.02. The van der Waals surface area contributed by atoms with Crippen LogP contribution in [-0.4, -0.2) is 26.0 Å². The second kappa shape index (κ2) is 4.64. The Morgan fingerprint density at radius 1 is 1.33 bits per heavy atom. The number of hydrogen-bond acceptors (Lipinski definition) is 3. The molecule has 3 nitrogen and oxygen atoms in total. The highest BCUT2D eigenvalue weighted by Gasteiger charge is 2.15. The molecule has 0 amide bonds. The van der Waals surface area contributed by atoms with Crippen molar-refractivity contribution in [3.8, 4) is 5.75 Å². The first-order valence-corrected chi connectivity index (χ1v) is 5.27. The number of ether oxygens (including phenoxy) is 2. The summed E-state index contributed by atoms with van der Waals surface area (Å²) in [5.74, 6) is 0.933. The molecule has 15 heavy (non-hydrogen) atoms. The monoisotopic (exact) mass is 207 g/mol. The van der Waals surface area contributed by atoms with E-state index < -0.39 is 0 Å². The van der Waals surface area contributed by atoms with Crippen molar-refractivity contribution >= 4 is 0 Å². The lowest BCUT2D eigenvalue weighted by Gasteiger charge is -2.11. The van der Waals surface area contributed by atoms with E-state index in [-0.39, 0.29) is 6.10 Å². The van der Waals surface area contributed by atoms with Crippen molar-refractivity contribution in [2.24, 2.45) is 0 Å². The number of hydrogen-bond donors (Lipinski definition) is 1. The van der Waals surface area contributed by atoms with E-state index in [4.69, 9.17) is 9.47 Å². The maximum Gasteiger partial charge on any atom is 0.119 e. The number of aryl methyl sites for hydroxylation is 2. The molecule has 1 heterocycles. The van der Waals surface area contributed by atoms with Crippen molar-refractivity contribution in [3.63, 3.8) is 0 Å². The minimum Gasteiger partial charge on any atom is -0.491 e. The van der Waals surface area contributed by atoms with Crippen molar-refractivity contribution in [1.29, 1.82) is 0 Å². The van der Waals surface area contributed by atoms with Gasteiger partial charge in [-0.15, -0.1) is 0 Å². The van der Waals surface area contributed by atoms with E-state index in [0.29, 0.717) is 13.3 Å². The van der Waals surface area contributed by atoms with Crippen LogP contribution in [0.5, 0.6) is 5.75 Å². The fourth-order valence-electron chi connectivity index (χ4n) is 1.77. The zero-order chi connectivity index (χ0) is 10.7. The summed E-state index contributed by atoms with van der Waals surface area (Å²) >= 11 is 0. The van der Waals surface area contributed by atoms with Gasteiger partial charge in [-0.3, -0.25) is 5.32 Å². The van der Waals surface area contributed by atoms with Gasteiger partial charge < -0.3 is 9.47 Å². The molecule has 0 saturated carbocycles. The lowest BCUT2D eigenvalue weighted by molar-refractivity contribution is 0.0716. The molecule has 0 aliphatic carbocycles. The summed E-state index contributed by atoms with van der Waals surface area (Å²) in [5, 5.41) is 3.13. The summed E-state index contributed by atoms with van der Waals surface area (Å²) in [6.45, 7) is 6.29. The molecule has 0 radical (unpaired) electrons. The SMILES string of the molecule is Cc1cc(C)cc(OCC2CNCO2)c1. The van der Waals surface area contributed by atoms with Crippen LogP contribution in [0.25, 0.3) is 0 Å². The maximum absolute atomic E-state index is 5.69. The molecule has 1 fully saturated rings. The summed E-state index contributed by atoms with van der Waals surface area (Å²) in [7, 11) is 0. The van der Waals surface area contributed by atoms with Crippen LogP contribution in [-0.2, 0) is 4.74 Å². The van der Waals surface area contributed by atoms with Gasteiger partial charge in [0.05, 0.1) is 6.73 Å². The highest BCUT2D eigenvalue weighted by molar-refractivity contribution is 5.32. The molecule has 1 atom stereocenters. The molecule has 1 N–H and O–H groups in total. The Labute approximate surface area is 90.4 Å². The van der Waals surface area contributed by atoms with Crippen LogP contribution in [0.3, 0.4) is 0 Å². The van der Waals surface area contributed by atoms with Gasteiger partial charge in [0.2, 0.25) is 0 Å².